The predicted octanol–water partition coefficient (Wildman–Crippen LogP) is 6.22. The Bertz CT molecular complexity index is 1070. The van der Waals surface area contributed by atoms with E-state index in [1.165, 1.54) is 5.56 Å². The molecule has 0 aliphatic carbocycles. The first-order valence-electron chi connectivity index (χ1n) is 8.20. The molecule has 26 heavy (non-hydrogen) atoms. The summed E-state index contributed by atoms with van der Waals surface area (Å²) >= 11 is 12.8. The van der Waals surface area contributed by atoms with Gasteiger partial charge in [-0.25, -0.2) is 4.98 Å². The number of hydrogen-bond acceptors (Lipinski definition) is 3. The van der Waals surface area contributed by atoms with Gasteiger partial charge in [-0.1, -0.05) is 53.5 Å². The Hall–Kier alpha value is -2.62. The fourth-order valence-corrected chi connectivity index (χ4v) is 3.33. The van der Waals surface area contributed by atoms with E-state index >= 15 is 0 Å². The maximum Gasteiger partial charge on any atom is 0.139 e. The summed E-state index contributed by atoms with van der Waals surface area (Å²) < 4.78 is 0. The first kappa shape index (κ1) is 16.8. The lowest BCUT2D eigenvalue weighted by molar-refractivity contribution is 1.15. The lowest BCUT2D eigenvalue weighted by atomic mass is 10.1. The molecule has 0 radical (unpaired) electrons. The number of anilines is 1. The minimum Gasteiger partial charge on any atom is -0.381 e. The van der Waals surface area contributed by atoms with Gasteiger partial charge in [0.25, 0.3) is 0 Å². The van der Waals surface area contributed by atoms with Crippen LogP contribution in [-0.4, -0.2) is 9.97 Å². The summed E-state index contributed by atoms with van der Waals surface area (Å²) in [5.74, 6) is 0. The third-order valence-electron chi connectivity index (χ3n) is 4.14. The molecule has 0 saturated heterocycles. The van der Waals surface area contributed by atoms with E-state index in [-0.39, 0.29) is 0 Å². The summed E-state index contributed by atoms with van der Waals surface area (Å²) in [6, 6.07) is 21.7. The van der Waals surface area contributed by atoms with Crippen molar-refractivity contribution in [2.75, 3.05) is 5.32 Å². The minimum atomic E-state index is 0.424. The Morgan fingerprint density at radius 3 is 2.54 bits per heavy atom. The molecule has 0 bridgehead atoms. The van der Waals surface area contributed by atoms with Crippen LogP contribution < -0.4 is 5.32 Å². The van der Waals surface area contributed by atoms with Gasteiger partial charge in [0.1, 0.15) is 5.15 Å². The van der Waals surface area contributed by atoms with Crippen molar-refractivity contribution in [2.45, 2.75) is 6.54 Å². The van der Waals surface area contributed by atoms with Crippen molar-refractivity contribution in [1.82, 2.24) is 9.97 Å². The Balaban J connectivity index is 1.62. The van der Waals surface area contributed by atoms with Gasteiger partial charge < -0.3 is 5.32 Å². The van der Waals surface area contributed by atoms with E-state index in [1.54, 1.807) is 6.20 Å². The normalized spacial score (nSPS) is 10.8. The Morgan fingerprint density at radius 2 is 1.73 bits per heavy atom. The van der Waals surface area contributed by atoms with Crippen molar-refractivity contribution in [3.63, 3.8) is 0 Å². The van der Waals surface area contributed by atoms with Crippen LogP contribution in [0.4, 0.5) is 5.69 Å². The third kappa shape index (κ3) is 3.50. The molecule has 5 heteroatoms. The number of hydrogen-bond donors (Lipinski definition) is 1. The second-order valence-corrected chi connectivity index (χ2v) is 6.67. The zero-order chi connectivity index (χ0) is 17.9. The molecule has 0 spiro atoms. The monoisotopic (exact) mass is 379 g/mol. The zero-order valence-electron chi connectivity index (χ0n) is 13.8. The van der Waals surface area contributed by atoms with E-state index in [0.29, 0.717) is 15.9 Å². The van der Waals surface area contributed by atoms with Crippen LogP contribution in [0, 0.1) is 0 Å². The molecule has 0 saturated carbocycles. The molecule has 0 unspecified atom stereocenters. The van der Waals surface area contributed by atoms with Crippen LogP contribution >= 0.6 is 23.2 Å². The van der Waals surface area contributed by atoms with Gasteiger partial charge in [-0.3, -0.25) is 4.98 Å². The van der Waals surface area contributed by atoms with Crippen molar-refractivity contribution in [2.24, 2.45) is 0 Å². The molecular formula is C21H15Cl2N3. The largest absolute Gasteiger partial charge is 0.381 e. The summed E-state index contributed by atoms with van der Waals surface area (Å²) in [5.41, 5.74) is 4.49. The quantitative estimate of drug-likeness (QED) is 0.428. The highest BCUT2D eigenvalue weighted by molar-refractivity contribution is 6.35. The number of benzene rings is 2. The second kappa shape index (κ2) is 7.32. The number of aromatic nitrogens is 2. The minimum absolute atomic E-state index is 0.424. The van der Waals surface area contributed by atoms with Crippen LogP contribution in [-0.2, 0) is 6.54 Å². The Kier molecular flexibility index (Phi) is 4.74. The third-order valence-corrected chi connectivity index (χ3v) is 4.74. The molecule has 2 aromatic carbocycles. The average molecular weight is 380 g/mol. The molecule has 128 valence electrons. The van der Waals surface area contributed by atoms with Gasteiger partial charge in [-0.15, -0.1) is 0 Å². The van der Waals surface area contributed by atoms with Crippen LogP contribution in [0.1, 0.15) is 5.56 Å². The fraction of sp³-hybridized carbons (Fsp3) is 0.0476. The van der Waals surface area contributed by atoms with Crippen molar-refractivity contribution >= 4 is 39.8 Å². The van der Waals surface area contributed by atoms with E-state index in [9.17, 15) is 0 Å². The van der Waals surface area contributed by atoms with Crippen molar-refractivity contribution in [1.29, 1.82) is 0 Å². The molecule has 0 atom stereocenters. The van der Waals surface area contributed by atoms with Crippen LogP contribution in [0.25, 0.3) is 22.2 Å². The molecule has 0 fully saturated rings. The molecule has 2 aromatic heterocycles. The van der Waals surface area contributed by atoms with Gasteiger partial charge in [0.05, 0.1) is 16.2 Å². The molecule has 3 nitrogen and oxygen atoms in total. The van der Waals surface area contributed by atoms with Crippen molar-refractivity contribution in [3.8, 4) is 11.3 Å². The molecule has 4 aromatic rings. The standard InChI is InChI=1S/C21H15Cl2N3/c22-18-11-15(25-13-14-5-2-1-3-6-14)8-9-16(18)20-12-19-17(21(23)26-20)7-4-10-24-19/h1-12,25H,13H2. The highest BCUT2D eigenvalue weighted by atomic mass is 35.5. The number of nitrogens with zero attached hydrogens (tertiary/aromatic N) is 2. The molecule has 1 N–H and O–H groups in total. The second-order valence-electron chi connectivity index (χ2n) is 5.90. The van der Waals surface area contributed by atoms with E-state index in [0.717, 1.165) is 28.7 Å². The topological polar surface area (TPSA) is 37.8 Å². The maximum absolute atomic E-state index is 6.51. The Labute approximate surface area is 161 Å². The summed E-state index contributed by atoms with van der Waals surface area (Å²) in [4.78, 5) is 8.83. The van der Waals surface area contributed by atoms with E-state index < -0.39 is 0 Å². The molecule has 4 rings (SSSR count). The van der Waals surface area contributed by atoms with E-state index in [4.69, 9.17) is 23.2 Å². The number of halogens is 2. The summed E-state index contributed by atoms with van der Waals surface area (Å²) in [6.07, 6.45) is 1.74. The van der Waals surface area contributed by atoms with Gasteiger partial charge in [-0.2, -0.15) is 0 Å². The van der Waals surface area contributed by atoms with Crippen LogP contribution in [0.2, 0.25) is 10.2 Å². The first-order valence-corrected chi connectivity index (χ1v) is 8.95. The lowest BCUT2D eigenvalue weighted by Crippen LogP contribution is -1.99. The van der Waals surface area contributed by atoms with E-state index in [1.807, 2.05) is 54.6 Å². The van der Waals surface area contributed by atoms with Crippen molar-refractivity contribution < 1.29 is 0 Å². The fourth-order valence-electron chi connectivity index (χ4n) is 2.81. The molecule has 0 aliphatic heterocycles. The zero-order valence-corrected chi connectivity index (χ0v) is 15.3. The number of pyridine rings is 2. The van der Waals surface area contributed by atoms with Gasteiger partial charge in [0.2, 0.25) is 0 Å². The summed E-state index contributed by atoms with van der Waals surface area (Å²) in [5, 5.41) is 5.24. The molecule has 0 amide bonds. The predicted molar refractivity (Wildman–Crippen MR) is 109 cm³/mol. The van der Waals surface area contributed by atoms with E-state index in [2.05, 4.69) is 27.4 Å². The smallest absolute Gasteiger partial charge is 0.139 e. The van der Waals surface area contributed by atoms with Crippen molar-refractivity contribution in [3.05, 3.63) is 88.7 Å². The molecule has 2 heterocycles. The number of rotatable bonds is 4. The van der Waals surface area contributed by atoms with Crippen LogP contribution in [0.15, 0.2) is 72.9 Å². The number of nitrogens with one attached hydrogen (secondary N) is 1. The molecule has 0 aliphatic rings. The van der Waals surface area contributed by atoms with Crippen LogP contribution in [0.5, 0.6) is 0 Å². The van der Waals surface area contributed by atoms with Gasteiger partial charge in [-0.05, 0) is 42.0 Å². The number of fused-ring (bicyclic) bond motifs is 1. The van der Waals surface area contributed by atoms with Gasteiger partial charge in [0, 0.05) is 29.4 Å². The highest BCUT2D eigenvalue weighted by Gasteiger charge is 2.10. The Morgan fingerprint density at radius 1 is 0.885 bits per heavy atom. The SMILES string of the molecule is Clc1cc(NCc2ccccc2)ccc1-c1cc2ncccc2c(Cl)n1. The average Bonchev–Trinajstić information content (AvgIpc) is 2.67. The lowest BCUT2D eigenvalue weighted by Gasteiger charge is -2.10. The maximum atomic E-state index is 6.51. The molecular weight excluding hydrogens is 365 g/mol. The first-order chi connectivity index (χ1) is 12.7. The van der Waals surface area contributed by atoms with Gasteiger partial charge >= 0.3 is 0 Å². The van der Waals surface area contributed by atoms with Crippen LogP contribution in [0.3, 0.4) is 0 Å². The summed E-state index contributed by atoms with van der Waals surface area (Å²) in [6.45, 7) is 0.737. The summed E-state index contributed by atoms with van der Waals surface area (Å²) in [7, 11) is 0. The highest BCUT2D eigenvalue weighted by Crippen LogP contribution is 2.32. The van der Waals surface area contributed by atoms with Gasteiger partial charge in [0.15, 0.2) is 0 Å².